The van der Waals surface area contributed by atoms with Gasteiger partial charge in [0.15, 0.2) is 0 Å². The predicted octanol–water partition coefficient (Wildman–Crippen LogP) is 1.70. The molecule has 1 aliphatic rings. The van der Waals surface area contributed by atoms with E-state index in [-0.39, 0.29) is 0 Å². The number of hydrogen-bond acceptors (Lipinski definition) is 4. The molecule has 0 aromatic carbocycles. The van der Waals surface area contributed by atoms with Gasteiger partial charge >= 0.3 is 0 Å². The molecule has 0 aliphatic carbocycles. The van der Waals surface area contributed by atoms with Gasteiger partial charge in [-0.15, -0.1) is 0 Å². The van der Waals surface area contributed by atoms with Crippen LogP contribution in [0.2, 0.25) is 0 Å². The second-order valence-electron chi connectivity index (χ2n) is 5.71. The van der Waals surface area contributed by atoms with E-state index in [4.69, 9.17) is 4.74 Å². The lowest BCUT2D eigenvalue weighted by molar-refractivity contribution is 0.131. The highest BCUT2D eigenvalue weighted by Gasteiger charge is 2.25. The van der Waals surface area contributed by atoms with E-state index >= 15 is 0 Å². The van der Waals surface area contributed by atoms with Gasteiger partial charge < -0.3 is 10.1 Å². The van der Waals surface area contributed by atoms with Gasteiger partial charge in [0.05, 0.1) is 18.4 Å². The molecule has 1 N–H and O–H groups in total. The molecule has 1 saturated heterocycles. The largest absolute Gasteiger partial charge is 0.481 e. The van der Waals surface area contributed by atoms with Crippen molar-refractivity contribution in [3.8, 4) is 5.88 Å². The summed E-state index contributed by atoms with van der Waals surface area (Å²) in [6, 6.07) is 0.681. The summed E-state index contributed by atoms with van der Waals surface area (Å²) >= 11 is 0. The summed E-state index contributed by atoms with van der Waals surface area (Å²) in [5.41, 5.74) is 2.33. The molecule has 0 amide bonds. The van der Waals surface area contributed by atoms with Crippen LogP contribution in [0.1, 0.15) is 36.9 Å². The van der Waals surface area contributed by atoms with Gasteiger partial charge in [0.2, 0.25) is 5.88 Å². The van der Waals surface area contributed by atoms with Crippen LogP contribution in [0.4, 0.5) is 0 Å². The molecule has 5 heteroatoms. The van der Waals surface area contributed by atoms with Crippen LogP contribution < -0.4 is 10.1 Å². The summed E-state index contributed by atoms with van der Waals surface area (Å²) in [7, 11) is 5.71. The van der Waals surface area contributed by atoms with Crippen LogP contribution in [0, 0.1) is 6.92 Å². The lowest BCUT2D eigenvalue weighted by Crippen LogP contribution is -2.40. The van der Waals surface area contributed by atoms with Crippen LogP contribution in [-0.2, 0) is 13.6 Å². The van der Waals surface area contributed by atoms with Gasteiger partial charge in [-0.1, -0.05) is 6.42 Å². The molecule has 1 aromatic heterocycles. The molecule has 2 heterocycles. The van der Waals surface area contributed by atoms with E-state index in [0.29, 0.717) is 6.04 Å². The molecule has 114 valence electrons. The molecule has 0 spiro atoms. The van der Waals surface area contributed by atoms with Gasteiger partial charge in [-0.2, -0.15) is 5.10 Å². The maximum absolute atomic E-state index is 5.52. The van der Waals surface area contributed by atoms with Gasteiger partial charge in [0.1, 0.15) is 0 Å². The summed E-state index contributed by atoms with van der Waals surface area (Å²) < 4.78 is 7.36. The predicted molar refractivity (Wildman–Crippen MR) is 81.1 cm³/mol. The summed E-state index contributed by atoms with van der Waals surface area (Å²) in [5.74, 6) is 0.903. The van der Waals surface area contributed by atoms with E-state index in [2.05, 4.69) is 22.2 Å². The van der Waals surface area contributed by atoms with E-state index < -0.39 is 0 Å². The second kappa shape index (κ2) is 7.09. The lowest BCUT2D eigenvalue weighted by atomic mass is 9.98. The van der Waals surface area contributed by atoms with Gasteiger partial charge in [0.25, 0.3) is 0 Å². The molecule has 0 saturated carbocycles. The van der Waals surface area contributed by atoms with E-state index in [1.165, 1.54) is 37.8 Å². The SMILES string of the molecule is CNCCC1CCCCN1Cc1c(C)nn(C)c1OC. The Hall–Kier alpha value is -1.07. The number of aromatic nitrogens is 2. The molecule has 1 fully saturated rings. The standard InChI is InChI=1S/C15H28N4O/c1-12-14(15(20-4)18(3)17-12)11-19-10-6-5-7-13(19)8-9-16-2/h13,16H,5-11H2,1-4H3. The zero-order valence-corrected chi connectivity index (χ0v) is 13.3. The van der Waals surface area contributed by atoms with E-state index in [9.17, 15) is 0 Å². The molecule has 2 rings (SSSR count). The second-order valence-corrected chi connectivity index (χ2v) is 5.71. The zero-order chi connectivity index (χ0) is 14.5. The molecule has 1 atom stereocenters. The topological polar surface area (TPSA) is 42.3 Å². The minimum absolute atomic E-state index is 0.681. The molecule has 0 bridgehead atoms. The van der Waals surface area contributed by atoms with Gasteiger partial charge in [-0.05, 0) is 46.3 Å². The average molecular weight is 280 g/mol. The monoisotopic (exact) mass is 280 g/mol. The maximum Gasteiger partial charge on any atom is 0.216 e. The van der Waals surface area contributed by atoms with Crippen molar-refractivity contribution in [3.63, 3.8) is 0 Å². The summed E-state index contributed by atoms with van der Waals surface area (Å²) in [6.07, 6.45) is 5.19. The van der Waals surface area contributed by atoms with Crippen LogP contribution in [-0.4, -0.2) is 48.0 Å². The number of ether oxygens (including phenoxy) is 1. The first-order valence-corrected chi connectivity index (χ1v) is 7.62. The number of piperidine rings is 1. The van der Waals surface area contributed by atoms with Crippen molar-refractivity contribution in [1.29, 1.82) is 0 Å². The molecular weight excluding hydrogens is 252 g/mol. The van der Waals surface area contributed by atoms with Crippen molar-refractivity contribution in [3.05, 3.63) is 11.3 Å². The quantitative estimate of drug-likeness (QED) is 0.861. The van der Waals surface area contributed by atoms with Crippen molar-refractivity contribution < 1.29 is 4.74 Å². The number of likely N-dealkylation sites (tertiary alicyclic amines) is 1. The number of nitrogens with one attached hydrogen (secondary N) is 1. The van der Waals surface area contributed by atoms with E-state index in [1.807, 2.05) is 18.8 Å². The third kappa shape index (κ3) is 3.33. The Morgan fingerprint density at radius 2 is 2.20 bits per heavy atom. The summed E-state index contributed by atoms with van der Waals surface area (Å²) in [6.45, 7) is 5.30. The first-order valence-electron chi connectivity index (χ1n) is 7.62. The van der Waals surface area contributed by atoms with Crippen LogP contribution >= 0.6 is 0 Å². The molecule has 1 aliphatic heterocycles. The minimum Gasteiger partial charge on any atom is -0.481 e. The Kier molecular flexibility index (Phi) is 5.43. The van der Waals surface area contributed by atoms with Gasteiger partial charge in [-0.3, -0.25) is 4.90 Å². The normalized spacial score (nSPS) is 20.3. The summed E-state index contributed by atoms with van der Waals surface area (Å²) in [5, 5.41) is 7.76. The van der Waals surface area contributed by atoms with Crippen LogP contribution in [0.3, 0.4) is 0 Å². The number of rotatable bonds is 6. The van der Waals surface area contributed by atoms with Crippen molar-refractivity contribution in [1.82, 2.24) is 20.0 Å². The molecule has 5 nitrogen and oxygen atoms in total. The molecule has 0 radical (unpaired) electrons. The van der Waals surface area contributed by atoms with Crippen LogP contribution in [0.15, 0.2) is 0 Å². The smallest absolute Gasteiger partial charge is 0.216 e. The number of nitrogens with zero attached hydrogens (tertiary/aromatic N) is 3. The van der Waals surface area contributed by atoms with Crippen molar-refractivity contribution in [2.75, 3.05) is 27.2 Å². The molecular formula is C15H28N4O. The van der Waals surface area contributed by atoms with Crippen molar-refractivity contribution in [2.45, 2.75) is 45.2 Å². The van der Waals surface area contributed by atoms with Crippen LogP contribution in [0.5, 0.6) is 5.88 Å². The molecule has 1 aromatic rings. The highest BCUT2D eigenvalue weighted by atomic mass is 16.5. The Balaban J connectivity index is 2.10. The van der Waals surface area contributed by atoms with Crippen molar-refractivity contribution in [2.24, 2.45) is 7.05 Å². The average Bonchev–Trinajstić information content (AvgIpc) is 2.71. The minimum atomic E-state index is 0.681. The van der Waals surface area contributed by atoms with Crippen LogP contribution in [0.25, 0.3) is 0 Å². The van der Waals surface area contributed by atoms with E-state index in [0.717, 1.165) is 24.7 Å². The fraction of sp³-hybridized carbons (Fsp3) is 0.800. The van der Waals surface area contributed by atoms with Gasteiger partial charge in [-0.25, -0.2) is 4.68 Å². The highest BCUT2D eigenvalue weighted by molar-refractivity contribution is 5.30. The zero-order valence-electron chi connectivity index (χ0n) is 13.3. The number of hydrogen-bond donors (Lipinski definition) is 1. The third-order valence-corrected chi connectivity index (χ3v) is 4.32. The first-order chi connectivity index (χ1) is 9.67. The first kappa shape index (κ1) is 15.3. The number of aryl methyl sites for hydroxylation is 2. The Labute approximate surface area is 122 Å². The fourth-order valence-electron chi connectivity index (χ4n) is 3.23. The van der Waals surface area contributed by atoms with Crippen molar-refractivity contribution >= 4 is 0 Å². The highest BCUT2D eigenvalue weighted by Crippen LogP contribution is 2.27. The summed E-state index contributed by atoms with van der Waals surface area (Å²) in [4.78, 5) is 2.60. The third-order valence-electron chi connectivity index (χ3n) is 4.32. The van der Waals surface area contributed by atoms with Gasteiger partial charge in [0, 0.05) is 19.6 Å². The lowest BCUT2D eigenvalue weighted by Gasteiger charge is -2.35. The Morgan fingerprint density at radius 3 is 2.90 bits per heavy atom. The molecule has 1 unspecified atom stereocenters. The maximum atomic E-state index is 5.52. The molecule has 20 heavy (non-hydrogen) atoms. The Bertz CT molecular complexity index is 430. The fourth-order valence-corrected chi connectivity index (χ4v) is 3.23. The van der Waals surface area contributed by atoms with E-state index in [1.54, 1.807) is 7.11 Å². The number of methoxy groups -OCH3 is 1. The Morgan fingerprint density at radius 1 is 1.40 bits per heavy atom.